The molecule has 0 aliphatic carbocycles. The third-order valence-corrected chi connectivity index (χ3v) is 4.32. The molecule has 1 amide bonds. The quantitative estimate of drug-likeness (QED) is 0.801. The van der Waals surface area contributed by atoms with Crippen molar-refractivity contribution < 1.29 is 4.79 Å². The Morgan fingerprint density at radius 1 is 1.24 bits per heavy atom. The average molecular weight is 369 g/mol. The molecule has 0 atom stereocenters. The van der Waals surface area contributed by atoms with Gasteiger partial charge in [-0.2, -0.15) is 0 Å². The topological polar surface area (TPSA) is 58.4 Å². The maximum Gasteiger partial charge on any atom is 0.253 e. The summed E-state index contributed by atoms with van der Waals surface area (Å²) in [6.45, 7) is 0. The lowest BCUT2D eigenvalue weighted by Gasteiger charge is -2.14. The van der Waals surface area contributed by atoms with Crippen molar-refractivity contribution >= 4 is 50.5 Å². The van der Waals surface area contributed by atoms with Crippen LogP contribution in [0.15, 0.2) is 40.9 Å². The monoisotopic (exact) mass is 367 g/mol. The van der Waals surface area contributed by atoms with Gasteiger partial charge in [0.05, 0.1) is 26.6 Å². The van der Waals surface area contributed by atoms with E-state index in [9.17, 15) is 4.79 Å². The van der Waals surface area contributed by atoms with E-state index in [1.807, 2.05) is 12.1 Å². The molecule has 2 aromatic rings. The molecule has 110 valence electrons. The summed E-state index contributed by atoms with van der Waals surface area (Å²) in [5.41, 5.74) is 8.58. The first-order valence-corrected chi connectivity index (χ1v) is 7.39. The molecule has 3 N–H and O–H groups in total. The number of benzene rings is 2. The van der Waals surface area contributed by atoms with Crippen LogP contribution in [0.3, 0.4) is 0 Å². The predicted octanol–water partition coefficient (Wildman–Crippen LogP) is 4.13. The Kier molecular flexibility index (Phi) is 4.75. The molecule has 6 heteroatoms. The maximum absolute atomic E-state index is 11.9. The molecule has 2 rings (SSSR count). The Labute approximate surface area is 137 Å². The van der Waals surface area contributed by atoms with Crippen molar-refractivity contribution in [1.29, 1.82) is 0 Å². The SMILES string of the molecule is CN(C)C(=O)c1ccc(Nc2cccc(Cl)c2Br)c(N)c1. The molecule has 0 aliphatic heterocycles. The molecule has 0 saturated heterocycles. The molecule has 0 aliphatic rings. The summed E-state index contributed by atoms with van der Waals surface area (Å²) in [6, 6.07) is 10.7. The molecule has 4 nitrogen and oxygen atoms in total. The van der Waals surface area contributed by atoms with Crippen molar-refractivity contribution in [2.24, 2.45) is 0 Å². The van der Waals surface area contributed by atoms with Gasteiger partial charge in [-0.1, -0.05) is 17.7 Å². The van der Waals surface area contributed by atoms with E-state index in [0.29, 0.717) is 22.0 Å². The zero-order valence-corrected chi connectivity index (χ0v) is 14.0. The van der Waals surface area contributed by atoms with Crippen LogP contribution in [0.4, 0.5) is 17.1 Å². The molecule has 0 spiro atoms. The van der Waals surface area contributed by atoms with Crippen molar-refractivity contribution in [3.8, 4) is 0 Å². The van der Waals surface area contributed by atoms with Gasteiger partial charge in [0.1, 0.15) is 0 Å². The first-order valence-electron chi connectivity index (χ1n) is 6.22. The maximum atomic E-state index is 11.9. The molecule has 0 radical (unpaired) electrons. The minimum absolute atomic E-state index is 0.0859. The summed E-state index contributed by atoms with van der Waals surface area (Å²) in [4.78, 5) is 13.4. The van der Waals surface area contributed by atoms with Crippen molar-refractivity contribution in [2.45, 2.75) is 0 Å². The Hall–Kier alpha value is -1.72. The highest BCUT2D eigenvalue weighted by Crippen LogP contribution is 2.33. The van der Waals surface area contributed by atoms with Crippen LogP contribution in [0.25, 0.3) is 0 Å². The minimum atomic E-state index is -0.0859. The Morgan fingerprint density at radius 3 is 2.57 bits per heavy atom. The molecular weight excluding hydrogens is 354 g/mol. The van der Waals surface area contributed by atoms with E-state index in [2.05, 4.69) is 21.2 Å². The molecule has 0 bridgehead atoms. The smallest absolute Gasteiger partial charge is 0.253 e. The van der Waals surface area contributed by atoms with Gasteiger partial charge in [-0.05, 0) is 46.3 Å². The number of anilines is 3. The van der Waals surface area contributed by atoms with Crippen LogP contribution in [0, 0.1) is 0 Å². The number of halogens is 2. The van der Waals surface area contributed by atoms with Crippen LogP contribution in [0.1, 0.15) is 10.4 Å². The fraction of sp³-hybridized carbons (Fsp3) is 0.133. The molecule has 0 fully saturated rings. The second-order valence-corrected chi connectivity index (χ2v) is 5.93. The zero-order valence-electron chi connectivity index (χ0n) is 11.7. The third kappa shape index (κ3) is 3.49. The van der Waals surface area contributed by atoms with Gasteiger partial charge in [-0.3, -0.25) is 4.79 Å². The van der Waals surface area contributed by atoms with E-state index < -0.39 is 0 Å². The van der Waals surface area contributed by atoms with Crippen molar-refractivity contribution in [1.82, 2.24) is 4.90 Å². The summed E-state index contributed by atoms with van der Waals surface area (Å²) in [6.07, 6.45) is 0. The van der Waals surface area contributed by atoms with E-state index in [4.69, 9.17) is 17.3 Å². The van der Waals surface area contributed by atoms with Gasteiger partial charge >= 0.3 is 0 Å². The molecule has 0 aromatic heterocycles. The first-order chi connectivity index (χ1) is 9.90. The number of nitrogens with zero attached hydrogens (tertiary/aromatic N) is 1. The number of hydrogen-bond donors (Lipinski definition) is 2. The highest BCUT2D eigenvalue weighted by Gasteiger charge is 2.11. The Bertz CT molecular complexity index is 689. The Balaban J connectivity index is 2.30. The standard InChI is InChI=1S/C15H15BrClN3O/c1-20(2)15(21)9-6-7-12(11(18)8-9)19-13-5-3-4-10(17)14(13)16/h3-8,19H,18H2,1-2H3. The molecule has 0 heterocycles. The van der Waals surface area contributed by atoms with Gasteiger partial charge in [0.25, 0.3) is 5.91 Å². The van der Waals surface area contributed by atoms with Gasteiger partial charge in [-0.15, -0.1) is 0 Å². The van der Waals surface area contributed by atoms with Crippen molar-refractivity contribution in [3.05, 3.63) is 51.5 Å². The summed E-state index contributed by atoms with van der Waals surface area (Å²) >= 11 is 9.48. The van der Waals surface area contributed by atoms with Gasteiger partial charge in [0.2, 0.25) is 0 Å². The number of carbonyl (C=O) groups is 1. The fourth-order valence-corrected chi connectivity index (χ4v) is 2.35. The number of nitrogens with one attached hydrogen (secondary N) is 1. The predicted molar refractivity (Wildman–Crippen MR) is 91.3 cm³/mol. The number of carbonyl (C=O) groups excluding carboxylic acids is 1. The molecular formula is C15H15BrClN3O. The summed E-state index contributed by atoms with van der Waals surface area (Å²) in [5, 5.41) is 3.80. The molecule has 21 heavy (non-hydrogen) atoms. The lowest BCUT2D eigenvalue weighted by atomic mass is 10.1. The number of rotatable bonds is 3. The van der Waals surface area contributed by atoms with Gasteiger partial charge in [0.15, 0.2) is 0 Å². The average Bonchev–Trinajstić information content (AvgIpc) is 2.44. The van der Waals surface area contributed by atoms with E-state index in [1.165, 1.54) is 4.90 Å². The summed E-state index contributed by atoms with van der Waals surface area (Å²) < 4.78 is 0.763. The lowest BCUT2D eigenvalue weighted by molar-refractivity contribution is 0.0827. The van der Waals surface area contributed by atoms with Crippen LogP contribution in [-0.2, 0) is 0 Å². The van der Waals surface area contributed by atoms with Crippen LogP contribution in [0.5, 0.6) is 0 Å². The van der Waals surface area contributed by atoms with Gasteiger partial charge in [-0.25, -0.2) is 0 Å². The van der Waals surface area contributed by atoms with Crippen LogP contribution in [-0.4, -0.2) is 24.9 Å². The molecule has 0 unspecified atom stereocenters. The highest BCUT2D eigenvalue weighted by molar-refractivity contribution is 9.10. The number of amides is 1. The number of nitrogens with two attached hydrogens (primary N) is 1. The highest BCUT2D eigenvalue weighted by atomic mass is 79.9. The molecule has 0 saturated carbocycles. The van der Waals surface area contributed by atoms with Gasteiger partial charge < -0.3 is 16.0 Å². The second-order valence-electron chi connectivity index (χ2n) is 4.73. The first kappa shape index (κ1) is 15.7. The van der Waals surface area contributed by atoms with E-state index >= 15 is 0 Å². The Morgan fingerprint density at radius 2 is 1.95 bits per heavy atom. The van der Waals surface area contributed by atoms with Crippen molar-refractivity contribution in [3.63, 3.8) is 0 Å². The van der Waals surface area contributed by atoms with Crippen LogP contribution < -0.4 is 11.1 Å². The van der Waals surface area contributed by atoms with Crippen LogP contribution >= 0.6 is 27.5 Å². The van der Waals surface area contributed by atoms with Crippen LogP contribution in [0.2, 0.25) is 5.02 Å². The minimum Gasteiger partial charge on any atom is -0.397 e. The third-order valence-electron chi connectivity index (χ3n) is 2.93. The van der Waals surface area contributed by atoms with Crippen molar-refractivity contribution in [2.75, 3.05) is 25.1 Å². The van der Waals surface area contributed by atoms with E-state index in [1.54, 1.807) is 38.4 Å². The molecule has 2 aromatic carbocycles. The number of hydrogen-bond acceptors (Lipinski definition) is 3. The van der Waals surface area contributed by atoms with Gasteiger partial charge in [0, 0.05) is 19.7 Å². The lowest BCUT2D eigenvalue weighted by Crippen LogP contribution is -2.21. The summed E-state index contributed by atoms with van der Waals surface area (Å²) in [7, 11) is 3.40. The second kappa shape index (κ2) is 6.37. The van der Waals surface area contributed by atoms with E-state index in [0.717, 1.165) is 10.2 Å². The zero-order chi connectivity index (χ0) is 15.6. The largest absolute Gasteiger partial charge is 0.397 e. The summed E-state index contributed by atoms with van der Waals surface area (Å²) in [5.74, 6) is -0.0859. The number of nitrogen functional groups attached to an aromatic ring is 1. The fourth-order valence-electron chi connectivity index (χ4n) is 1.81. The normalized spacial score (nSPS) is 10.3. The van der Waals surface area contributed by atoms with E-state index in [-0.39, 0.29) is 5.91 Å².